The number of aliphatic hydroxyl groups is 1. The zero-order valence-electron chi connectivity index (χ0n) is 23.7. The predicted octanol–water partition coefficient (Wildman–Crippen LogP) is 6.78. The van der Waals surface area contributed by atoms with E-state index in [0.717, 1.165) is 42.5 Å². The number of ether oxygens (including phenoxy) is 2. The molecule has 40 heavy (non-hydrogen) atoms. The number of hydrogen-bond donors (Lipinski definition) is 1. The molecule has 0 unspecified atom stereocenters. The van der Waals surface area contributed by atoms with Crippen molar-refractivity contribution >= 4 is 24.3 Å². The third kappa shape index (κ3) is 8.17. The molecule has 1 aliphatic carbocycles. The van der Waals surface area contributed by atoms with Crippen molar-refractivity contribution in [1.29, 1.82) is 0 Å². The van der Waals surface area contributed by atoms with Gasteiger partial charge in [-0.05, 0) is 101 Å². The van der Waals surface area contributed by atoms with Gasteiger partial charge in [0.25, 0.3) is 0 Å². The van der Waals surface area contributed by atoms with E-state index in [2.05, 4.69) is 44.7 Å². The van der Waals surface area contributed by atoms with Crippen molar-refractivity contribution in [3.8, 4) is 11.5 Å². The van der Waals surface area contributed by atoms with E-state index >= 15 is 0 Å². The van der Waals surface area contributed by atoms with Crippen molar-refractivity contribution in [3.63, 3.8) is 0 Å². The van der Waals surface area contributed by atoms with E-state index in [0.29, 0.717) is 29.1 Å². The molecule has 0 radical (unpaired) electrons. The van der Waals surface area contributed by atoms with Crippen molar-refractivity contribution in [3.05, 3.63) is 95.1 Å². The Morgan fingerprint density at radius 2 is 1.55 bits per heavy atom. The van der Waals surface area contributed by atoms with E-state index in [1.165, 1.54) is 0 Å². The summed E-state index contributed by atoms with van der Waals surface area (Å²) in [5.41, 5.74) is 3.11. The number of rotatable bonds is 12. The lowest BCUT2D eigenvalue weighted by molar-refractivity contribution is -0.135. The lowest BCUT2D eigenvalue weighted by Crippen LogP contribution is -2.38. The molecule has 0 bridgehead atoms. The van der Waals surface area contributed by atoms with Crippen molar-refractivity contribution in [1.82, 2.24) is 4.90 Å². The van der Waals surface area contributed by atoms with Crippen LogP contribution in [0, 0.1) is 5.92 Å². The number of carbonyl (C=O) groups excluding carboxylic acids is 2. The fourth-order valence-electron chi connectivity index (χ4n) is 4.98. The number of carbonyl (C=O) groups is 2. The van der Waals surface area contributed by atoms with Gasteiger partial charge in [-0.15, -0.1) is 12.4 Å². The minimum atomic E-state index is -0.495. The number of halogens is 1. The highest BCUT2D eigenvalue weighted by Crippen LogP contribution is 2.36. The third-order valence-corrected chi connectivity index (χ3v) is 7.26. The van der Waals surface area contributed by atoms with Crippen LogP contribution in [0.3, 0.4) is 0 Å². The molecular weight excluding hydrogens is 526 g/mol. The molecule has 0 aromatic heterocycles. The van der Waals surface area contributed by atoms with Gasteiger partial charge in [-0.1, -0.05) is 36.4 Å². The fraction of sp³-hybridized carbons (Fsp3) is 0.394. The first-order valence-corrected chi connectivity index (χ1v) is 13.8. The van der Waals surface area contributed by atoms with Gasteiger partial charge in [-0.25, -0.2) is 4.79 Å². The third-order valence-electron chi connectivity index (χ3n) is 7.26. The minimum Gasteiger partial charge on any atom is -0.426 e. The van der Waals surface area contributed by atoms with Gasteiger partial charge in [-0.2, -0.15) is 0 Å². The summed E-state index contributed by atoms with van der Waals surface area (Å²) in [5, 5.41) is 9.90. The first-order chi connectivity index (χ1) is 18.8. The van der Waals surface area contributed by atoms with E-state index < -0.39 is 5.97 Å². The highest BCUT2D eigenvalue weighted by molar-refractivity contribution is 5.91. The highest BCUT2D eigenvalue weighted by Gasteiger charge is 2.31. The van der Waals surface area contributed by atoms with Crippen LogP contribution in [0.2, 0.25) is 0 Å². The molecule has 214 valence electrons. The molecule has 0 spiro atoms. The number of esters is 2. The molecule has 3 aromatic rings. The summed E-state index contributed by atoms with van der Waals surface area (Å²) in [6.45, 7) is 9.58. The van der Waals surface area contributed by atoms with Gasteiger partial charge >= 0.3 is 11.9 Å². The van der Waals surface area contributed by atoms with Gasteiger partial charge in [0.2, 0.25) is 0 Å². The van der Waals surface area contributed by atoms with Crippen LogP contribution in [0.25, 0.3) is 0 Å². The highest BCUT2D eigenvalue weighted by atomic mass is 35.5. The van der Waals surface area contributed by atoms with Crippen LogP contribution in [0.15, 0.2) is 72.8 Å². The second-order valence-corrected chi connectivity index (χ2v) is 10.8. The van der Waals surface area contributed by atoms with Gasteiger partial charge in [0.1, 0.15) is 11.5 Å². The molecule has 7 heteroatoms. The predicted molar refractivity (Wildman–Crippen MR) is 159 cm³/mol. The van der Waals surface area contributed by atoms with Crippen molar-refractivity contribution in [2.45, 2.75) is 71.6 Å². The first kappa shape index (κ1) is 31.3. The Labute approximate surface area is 243 Å². The Kier molecular flexibility index (Phi) is 11.3. The molecular formula is C33H40ClNO5. The summed E-state index contributed by atoms with van der Waals surface area (Å²) in [6.07, 6.45) is 2.57. The van der Waals surface area contributed by atoms with Gasteiger partial charge in [0.05, 0.1) is 18.1 Å². The quantitative estimate of drug-likeness (QED) is 0.193. The van der Waals surface area contributed by atoms with Gasteiger partial charge in [-0.3, -0.25) is 9.69 Å². The largest absolute Gasteiger partial charge is 0.426 e. The summed E-state index contributed by atoms with van der Waals surface area (Å²) < 4.78 is 11.3. The molecule has 1 saturated carbocycles. The molecule has 0 amide bonds. The molecule has 0 aliphatic heterocycles. The molecule has 6 nitrogen and oxygen atoms in total. The summed E-state index contributed by atoms with van der Waals surface area (Å²) >= 11 is 0. The van der Waals surface area contributed by atoms with E-state index in [4.69, 9.17) is 9.47 Å². The lowest BCUT2D eigenvalue weighted by Gasteiger charge is -2.32. The zero-order chi connectivity index (χ0) is 27.9. The van der Waals surface area contributed by atoms with Gasteiger partial charge in [0, 0.05) is 23.6 Å². The summed E-state index contributed by atoms with van der Waals surface area (Å²) in [4.78, 5) is 27.6. The molecule has 1 N–H and O–H groups in total. The molecule has 3 aromatic carbocycles. The zero-order valence-corrected chi connectivity index (χ0v) is 24.5. The second kappa shape index (κ2) is 14.4. The second-order valence-electron chi connectivity index (χ2n) is 10.8. The topological polar surface area (TPSA) is 76.1 Å². The maximum atomic E-state index is 13.2. The van der Waals surface area contributed by atoms with E-state index in [1.807, 2.05) is 24.3 Å². The Balaban J connectivity index is 0.00000441. The monoisotopic (exact) mass is 565 g/mol. The van der Waals surface area contributed by atoms with Gasteiger partial charge in [0.15, 0.2) is 0 Å². The van der Waals surface area contributed by atoms with Crippen LogP contribution in [0.4, 0.5) is 0 Å². The van der Waals surface area contributed by atoms with Crippen LogP contribution in [0.5, 0.6) is 11.5 Å². The number of nitrogens with zero attached hydrogens (tertiary/aromatic N) is 1. The number of benzene rings is 3. The Morgan fingerprint density at radius 3 is 2.12 bits per heavy atom. The fourth-order valence-corrected chi connectivity index (χ4v) is 4.98. The Bertz CT molecular complexity index is 1250. The molecule has 4 rings (SSSR count). The van der Waals surface area contributed by atoms with Crippen LogP contribution < -0.4 is 9.47 Å². The maximum Gasteiger partial charge on any atom is 0.343 e. The molecule has 0 heterocycles. The van der Waals surface area contributed by atoms with Crippen molar-refractivity contribution < 1.29 is 24.2 Å². The SMILES string of the molecule is CC(C)N(CC[C@H](c1ccccc1)c1cc(CO)ccc1OC(=O)c1ccc(OC(=O)C2CC2)cc1)C(C)C.Cl. The maximum absolute atomic E-state index is 13.2. The minimum absolute atomic E-state index is 0. The van der Waals surface area contributed by atoms with E-state index in [-0.39, 0.29) is 36.8 Å². The molecule has 1 atom stereocenters. The van der Waals surface area contributed by atoms with Crippen LogP contribution >= 0.6 is 12.4 Å². The average Bonchev–Trinajstić information content (AvgIpc) is 3.78. The molecule has 0 saturated heterocycles. The summed E-state index contributed by atoms with van der Waals surface area (Å²) in [7, 11) is 0. The molecule has 1 fully saturated rings. The van der Waals surface area contributed by atoms with Crippen LogP contribution in [-0.4, -0.2) is 40.6 Å². The lowest BCUT2D eigenvalue weighted by atomic mass is 9.86. The summed E-state index contributed by atoms with van der Waals surface area (Å²) in [5.74, 6) is 0.131. The smallest absolute Gasteiger partial charge is 0.343 e. The first-order valence-electron chi connectivity index (χ1n) is 13.8. The summed E-state index contributed by atoms with van der Waals surface area (Å²) in [6, 6.07) is 23.0. The Morgan fingerprint density at radius 1 is 0.900 bits per heavy atom. The van der Waals surface area contributed by atoms with Crippen molar-refractivity contribution in [2.75, 3.05) is 6.54 Å². The Hall–Kier alpha value is -3.19. The number of hydrogen-bond acceptors (Lipinski definition) is 6. The average molecular weight is 566 g/mol. The molecule has 1 aliphatic rings. The van der Waals surface area contributed by atoms with Crippen LogP contribution in [-0.2, 0) is 11.4 Å². The van der Waals surface area contributed by atoms with Gasteiger partial charge < -0.3 is 14.6 Å². The van der Waals surface area contributed by atoms with Crippen molar-refractivity contribution in [2.24, 2.45) is 5.92 Å². The van der Waals surface area contributed by atoms with E-state index in [1.54, 1.807) is 36.4 Å². The normalized spacial score (nSPS) is 13.7. The number of aliphatic hydroxyl groups excluding tert-OH is 1. The standard InChI is InChI=1S/C33H39NO5.ClH/c1-22(2)34(23(3)4)19-18-29(25-8-6-5-7-9-25)30-20-24(21-35)10-17-31(30)39-33(37)27-13-15-28(16-14-27)38-32(36)26-11-12-26;/h5-10,13-17,20,22-23,26,29,35H,11-12,18-19,21H2,1-4H3;1H/t29-;/m1./s1. The van der Waals surface area contributed by atoms with Crippen LogP contribution in [0.1, 0.15) is 79.9 Å². The van der Waals surface area contributed by atoms with E-state index in [9.17, 15) is 14.7 Å².